The highest BCUT2D eigenvalue weighted by molar-refractivity contribution is 5.97. The highest BCUT2D eigenvalue weighted by Gasteiger charge is 2.15. The maximum absolute atomic E-state index is 11.8. The van der Waals surface area contributed by atoms with Crippen LogP contribution in [0.4, 0.5) is 0 Å². The number of H-pyrrole nitrogens is 1. The van der Waals surface area contributed by atoms with Crippen LogP contribution < -0.4 is 9.47 Å². The number of benzene rings is 2. The Hall–Kier alpha value is -3.28. The maximum Gasteiger partial charge on any atom is 0.354 e. The van der Waals surface area contributed by atoms with E-state index >= 15 is 0 Å². The highest BCUT2D eigenvalue weighted by atomic mass is 16.5. The van der Waals surface area contributed by atoms with E-state index in [9.17, 15) is 9.59 Å². The molecule has 0 spiro atoms. The first-order chi connectivity index (χ1) is 12.1. The van der Waals surface area contributed by atoms with E-state index in [0.29, 0.717) is 34.7 Å². The monoisotopic (exact) mass is 339 g/mol. The Kier molecular flexibility index (Phi) is 4.70. The van der Waals surface area contributed by atoms with E-state index in [-0.39, 0.29) is 0 Å². The van der Waals surface area contributed by atoms with Gasteiger partial charge in [0, 0.05) is 24.4 Å². The molecule has 3 rings (SSSR count). The van der Waals surface area contributed by atoms with Gasteiger partial charge in [-0.2, -0.15) is 0 Å². The van der Waals surface area contributed by atoms with Gasteiger partial charge in [-0.05, 0) is 11.6 Å². The van der Waals surface area contributed by atoms with Gasteiger partial charge in [0.25, 0.3) is 0 Å². The molecule has 0 saturated carbocycles. The number of ether oxygens (including phenoxy) is 3. The molecule has 0 bridgehead atoms. The van der Waals surface area contributed by atoms with Crippen LogP contribution in [0.2, 0.25) is 0 Å². The van der Waals surface area contributed by atoms with Gasteiger partial charge in [-0.3, -0.25) is 4.79 Å². The smallest absolute Gasteiger partial charge is 0.354 e. The van der Waals surface area contributed by atoms with Crippen molar-refractivity contribution in [3.05, 3.63) is 59.8 Å². The average molecular weight is 339 g/mol. The molecule has 0 saturated heterocycles. The number of hydrogen-bond acceptors (Lipinski definition) is 5. The molecule has 6 nitrogen and oxygen atoms in total. The van der Waals surface area contributed by atoms with Crippen LogP contribution in [0.25, 0.3) is 10.9 Å². The number of methoxy groups -OCH3 is 1. The summed E-state index contributed by atoms with van der Waals surface area (Å²) < 4.78 is 15.8. The Morgan fingerprint density at radius 2 is 1.84 bits per heavy atom. The summed E-state index contributed by atoms with van der Waals surface area (Å²) in [6.07, 6.45) is 0. The van der Waals surface area contributed by atoms with E-state index in [0.717, 1.165) is 5.56 Å². The molecular formula is C19H17NO5. The molecule has 0 amide bonds. The highest BCUT2D eigenvalue weighted by Crippen LogP contribution is 2.32. The van der Waals surface area contributed by atoms with Crippen LogP contribution in [0.15, 0.2) is 48.5 Å². The summed E-state index contributed by atoms with van der Waals surface area (Å²) in [5.74, 6) is -0.0855. The molecule has 128 valence electrons. The van der Waals surface area contributed by atoms with Crippen LogP contribution in [-0.4, -0.2) is 24.0 Å². The van der Waals surface area contributed by atoms with E-state index in [1.165, 1.54) is 14.0 Å². The Bertz CT molecular complexity index is 914. The van der Waals surface area contributed by atoms with Gasteiger partial charge >= 0.3 is 11.9 Å². The number of aromatic nitrogens is 1. The molecule has 1 heterocycles. The molecule has 0 aliphatic heterocycles. The number of hydrogen-bond donors (Lipinski definition) is 1. The second-order valence-electron chi connectivity index (χ2n) is 5.43. The summed E-state index contributed by atoms with van der Waals surface area (Å²) in [5.41, 5.74) is 1.90. The molecule has 25 heavy (non-hydrogen) atoms. The van der Waals surface area contributed by atoms with Gasteiger partial charge in [0.05, 0.1) is 12.6 Å². The molecule has 1 N–H and O–H groups in total. The van der Waals surface area contributed by atoms with Gasteiger partial charge in [-0.15, -0.1) is 0 Å². The van der Waals surface area contributed by atoms with Crippen LogP contribution in [0.5, 0.6) is 11.5 Å². The lowest BCUT2D eigenvalue weighted by Crippen LogP contribution is -2.02. The minimum Gasteiger partial charge on any atom is -0.488 e. The van der Waals surface area contributed by atoms with Gasteiger partial charge in [-0.25, -0.2) is 4.79 Å². The first kappa shape index (κ1) is 16.6. The van der Waals surface area contributed by atoms with Gasteiger partial charge in [0.1, 0.15) is 23.8 Å². The molecule has 0 unspecified atom stereocenters. The van der Waals surface area contributed by atoms with Crippen LogP contribution in [0.1, 0.15) is 23.0 Å². The summed E-state index contributed by atoms with van der Waals surface area (Å²) in [6, 6.07) is 14.6. The number of rotatable bonds is 5. The lowest BCUT2D eigenvalue weighted by atomic mass is 10.2. The van der Waals surface area contributed by atoms with Gasteiger partial charge in [-0.1, -0.05) is 30.3 Å². The molecular weight excluding hydrogens is 322 g/mol. The molecule has 0 radical (unpaired) electrons. The van der Waals surface area contributed by atoms with Crippen LogP contribution >= 0.6 is 0 Å². The van der Waals surface area contributed by atoms with E-state index < -0.39 is 11.9 Å². The van der Waals surface area contributed by atoms with Crippen LogP contribution in [0.3, 0.4) is 0 Å². The third kappa shape index (κ3) is 3.80. The van der Waals surface area contributed by atoms with Gasteiger partial charge in [0.15, 0.2) is 0 Å². The molecule has 0 aliphatic rings. The van der Waals surface area contributed by atoms with Crippen molar-refractivity contribution in [3.8, 4) is 11.5 Å². The molecule has 0 fully saturated rings. The average Bonchev–Trinajstić information content (AvgIpc) is 3.03. The zero-order chi connectivity index (χ0) is 17.8. The largest absolute Gasteiger partial charge is 0.488 e. The second kappa shape index (κ2) is 7.09. The molecule has 2 aromatic carbocycles. The minimum absolute atomic E-state index is 0.294. The second-order valence-corrected chi connectivity index (χ2v) is 5.43. The summed E-state index contributed by atoms with van der Waals surface area (Å²) in [5, 5.41) is 0.701. The van der Waals surface area contributed by atoms with E-state index in [1.54, 1.807) is 18.2 Å². The predicted octanol–water partition coefficient (Wildman–Crippen LogP) is 3.46. The Morgan fingerprint density at radius 1 is 1.08 bits per heavy atom. The van der Waals surface area contributed by atoms with Crippen molar-refractivity contribution in [1.82, 2.24) is 4.98 Å². The third-order valence-electron chi connectivity index (χ3n) is 3.58. The van der Waals surface area contributed by atoms with E-state index in [4.69, 9.17) is 14.2 Å². The maximum atomic E-state index is 11.8. The fraction of sp³-hybridized carbons (Fsp3) is 0.158. The van der Waals surface area contributed by atoms with Crippen molar-refractivity contribution >= 4 is 22.8 Å². The van der Waals surface area contributed by atoms with Crippen molar-refractivity contribution in [2.24, 2.45) is 0 Å². The zero-order valence-corrected chi connectivity index (χ0v) is 13.9. The van der Waals surface area contributed by atoms with Crippen molar-refractivity contribution in [1.29, 1.82) is 0 Å². The minimum atomic E-state index is -0.487. The first-order valence-corrected chi connectivity index (χ1v) is 7.67. The van der Waals surface area contributed by atoms with Gasteiger partial charge in [0.2, 0.25) is 0 Å². The van der Waals surface area contributed by atoms with Gasteiger partial charge < -0.3 is 19.2 Å². The summed E-state index contributed by atoms with van der Waals surface area (Å²) in [6.45, 7) is 1.67. The number of fused-ring (bicyclic) bond motifs is 1. The topological polar surface area (TPSA) is 77.6 Å². The molecule has 6 heteroatoms. The van der Waals surface area contributed by atoms with E-state index in [2.05, 4.69) is 4.98 Å². The number of carbonyl (C=O) groups excluding carboxylic acids is 2. The Balaban J connectivity index is 1.98. The predicted molar refractivity (Wildman–Crippen MR) is 91.7 cm³/mol. The van der Waals surface area contributed by atoms with Crippen molar-refractivity contribution < 1.29 is 23.8 Å². The third-order valence-corrected chi connectivity index (χ3v) is 3.58. The quantitative estimate of drug-likeness (QED) is 0.569. The SMILES string of the molecule is COC(=O)c1cc2c(OCc3ccccc3)cc(OC(C)=O)cc2[nH]1. The number of aromatic amines is 1. The van der Waals surface area contributed by atoms with Crippen molar-refractivity contribution in [2.75, 3.05) is 7.11 Å². The fourth-order valence-corrected chi connectivity index (χ4v) is 2.48. The lowest BCUT2D eigenvalue weighted by Gasteiger charge is -2.10. The molecule has 3 aromatic rings. The number of carbonyl (C=O) groups is 2. The van der Waals surface area contributed by atoms with Crippen LogP contribution in [0, 0.1) is 0 Å². The Labute approximate surface area is 144 Å². The molecule has 0 aliphatic carbocycles. The zero-order valence-electron chi connectivity index (χ0n) is 13.9. The van der Waals surface area contributed by atoms with Crippen LogP contribution in [-0.2, 0) is 16.1 Å². The lowest BCUT2D eigenvalue weighted by molar-refractivity contribution is -0.131. The standard InChI is InChI=1S/C19H17NO5/c1-12(21)25-14-8-16-15(10-17(20-16)19(22)23-2)18(9-14)24-11-13-6-4-3-5-7-13/h3-10,20H,11H2,1-2H3. The fourth-order valence-electron chi connectivity index (χ4n) is 2.48. The normalized spacial score (nSPS) is 10.5. The summed E-state index contributed by atoms with van der Waals surface area (Å²) in [4.78, 5) is 26.0. The van der Waals surface area contributed by atoms with Crippen molar-refractivity contribution in [2.45, 2.75) is 13.5 Å². The molecule has 1 aromatic heterocycles. The number of esters is 2. The molecule has 0 atom stereocenters. The Morgan fingerprint density at radius 3 is 2.52 bits per heavy atom. The first-order valence-electron chi connectivity index (χ1n) is 7.67. The van der Waals surface area contributed by atoms with E-state index in [1.807, 2.05) is 30.3 Å². The summed E-state index contributed by atoms with van der Waals surface area (Å²) in [7, 11) is 1.31. The number of nitrogens with one attached hydrogen (secondary N) is 1. The van der Waals surface area contributed by atoms with Crippen molar-refractivity contribution in [3.63, 3.8) is 0 Å². The summed E-state index contributed by atoms with van der Waals surface area (Å²) >= 11 is 0.